The smallest absolute Gasteiger partial charge is 0.229 e. The van der Waals surface area contributed by atoms with E-state index in [0.29, 0.717) is 13.2 Å². The quantitative estimate of drug-likeness (QED) is 0.745. The molecule has 1 atom stereocenters. The molecule has 1 aliphatic carbocycles. The summed E-state index contributed by atoms with van der Waals surface area (Å²) in [5, 5.41) is 5.14. The highest BCUT2D eigenvalue weighted by molar-refractivity contribution is 5.96. The van der Waals surface area contributed by atoms with Gasteiger partial charge in [-0.15, -0.1) is 0 Å². The topological polar surface area (TPSA) is 76.7 Å². The first kappa shape index (κ1) is 15.3. The zero-order valence-electron chi connectivity index (χ0n) is 12.1. The number of hydrogen-bond acceptors (Lipinski definition) is 4. The molecule has 1 aliphatic heterocycles. The molecular formula is C14H24N2O4. The summed E-state index contributed by atoms with van der Waals surface area (Å²) in [6.45, 7) is 0.915. The molecule has 1 saturated heterocycles. The molecule has 2 fully saturated rings. The molecule has 0 radical (unpaired) electrons. The van der Waals surface area contributed by atoms with Crippen LogP contribution in [0.1, 0.15) is 44.9 Å². The predicted molar refractivity (Wildman–Crippen MR) is 73.0 cm³/mol. The fourth-order valence-corrected chi connectivity index (χ4v) is 2.77. The van der Waals surface area contributed by atoms with Gasteiger partial charge in [-0.2, -0.15) is 0 Å². The fourth-order valence-electron chi connectivity index (χ4n) is 2.77. The maximum absolute atomic E-state index is 11.5. The van der Waals surface area contributed by atoms with E-state index in [2.05, 4.69) is 10.6 Å². The molecule has 6 heteroatoms. The molecule has 0 aromatic carbocycles. The summed E-state index contributed by atoms with van der Waals surface area (Å²) in [4.78, 5) is 22.6. The second kappa shape index (κ2) is 7.04. The molecule has 6 nitrogen and oxygen atoms in total. The highest BCUT2D eigenvalue weighted by atomic mass is 16.7. The van der Waals surface area contributed by atoms with E-state index in [1.165, 1.54) is 19.9 Å². The van der Waals surface area contributed by atoms with Crippen LogP contribution in [0.5, 0.6) is 0 Å². The molecule has 0 bridgehead atoms. The maximum atomic E-state index is 11.5. The second-order valence-corrected chi connectivity index (χ2v) is 5.53. The van der Waals surface area contributed by atoms with Gasteiger partial charge in [0.05, 0.1) is 6.61 Å². The first-order chi connectivity index (χ1) is 9.63. The zero-order valence-corrected chi connectivity index (χ0v) is 12.1. The number of ether oxygens (including phenoxy) is 2. The lowest BCUT2D eigenvalue weighted by molar-refractivity contribution is -0.175. The van der Waals surface area contributed by atoms with Crippen LogP contribution in [0.3, 0.4) is 0 Å². The Kier molecular flexibility index (Phi) is 5.37. The minimum Gasteiger partial charge on any atom is -0.359 e. The number of nitrogens with one attached hydrogen (secondary N) is 2. The van der Waals surface area contributed by atoms with Gasteiger partial charge in [0.15, 0.2) is 5.79 Å². The SMILES string of the molecule is CNC(=O)CC(=O)NC[C@H]1COC2(CCCCCC2)O1. The normalized spacial score (nSPS) is 25.1. The van der Waals surface area contributed by atoms with Gasteiger partial charge in [-0.1, -0.05) is 12.8 Å². The summed E-state index contributed by atoms with van der Waals surface area (Å²) in [5.74, 6) is -0.992. The van der Waals surface area contributed by atoms with E-state index in [4.69, 9.17) is 9.47 Å². The van der Waals surface area contributed by atoms with Crippen molar-refractivity contribution < 1.29 is 19.1 Å². The molecule has 2 rings (SSSR count). The van der Waals surface area contributed by atoms with E-state index in [1.807, 2.05) is 0 Å². The van der Waals surface area contributed by atoms with Gasteiger partial charge in [0, 0.05) is 26.4 Å². The molecule has 114 valence electrons. The van der Waals surface area contributed by atoms with Gasteiger partial charge in [0.2, 0.25) is 11.8 Å². The van der Waals surface area contributed by atoms with E-state index >= 15 is 0 Å². The van der Waals surface area contributed by atoms with Gasteiger partial charge in [-0.05, 0) is 12.8 Å². The summed E-state index contributed by atoms with van der Waals surface area (Å²) in [7, 11) is 1.51. The number of hydrogen-bond donors (Lipinski definition) is 2. The lowest BCUT2D eigenvalue weighted by atomic mass is 10.1. The Morgan fingerprint density at radius 2 is 1.85 bits per heavy atom. The van der Waals surface area contributed by atoms with Crippen molar-refractivity contribution in [2.45, 2.75) is 56.8 Å². The van der Waals surface area contributed by atoms with E-state index in [0.717, 1.165) is 25.7 Å². The van der Waals surface area contributed by atoms with Crippen LogP contribution in [0.25, 0.3) is 0 Å². The molecular weight excluding hydrogens is 260 g/mol. The molecule has 0 aromatic rings. The summed E-state index contributed by atoms with van der Waals surface area (Å²) in [5.41, 5.74) is 0. The molecule has 2 N–H and O–H groups in total. The lowest BCUT2D eigenvalue weighted by Crippen LogP contribution is -2.37. The molecule has 1 saturated carbocycles. The second-order valence-electron chi connectivity index (χ2n) is 5.53. The Bertz CT molecular complexity index is 351. The lowest BCUT2D eigenvalue weighted by Gasteiger charge is -2.26. The molecule has 0 aromatic heterocycles. The minimum atomic E-state index is -0.424. The largest absolute Gasteiger partial charge is 0.359 e. The number of rotatable bonds is 4. The first-order valence-corrected chi connectivity index (χ1v) is 7.43. The minimum absolute atomic E-state index is 0.110. The third kappa shape index (κ3) is 4.18. The van der Waals surface area contributed by atoms with Crippen molar-refractivity contribution in [3.63, 3.8) is 0 Å². The average Bonchev–Trinajstić information content (AvgIpc) is 2.69. The summed E-state index contributed by atoms with van der Waals surface area (Å²) in [6.07, 6.45) is 6.37. The van der Waals surface area contributed by atoms with Gasteiger partial charge in [-0.3, -0.25) is 9.59 Å². The Hall–Kier alpha value is -1.14. The third-order valence-corrected chi connectivity index (χ3v) is 3.91. The maximum Gasteiger partial charge on any atom is 0.229 e. The molecule has 2 aliphatic rings. The summed E-state index contributed by atoms with van der Waals surface area (Å²) >= 11 is 0. The van der Waals surface area contributed by atoms with Gasteiger partial charge in [0.1, 0.15) is 12.5 Å². The number of amides is 2. The van der Waals surface area contributed by atoms with Crippen molar-refractivity contribution in [1.82, 2.24) is 10.6 Å². The van der Waals surface area contributed by atoms with Crippen LogP contribution in [0.15, 0.2) is 0 Å². The molecule has 1 spiro atoms. The van der Waals surface area contributed by atoms with E-state index in [9.17, 15) is 9.59 Å². The Balaban J connectivity index is 1.73. The predicted octanol–water partition coefficient (Wildman–Crippen LogP) is 0.705. The zero-order chi connectivity index (χ0) is 14.4. The van der Waals surface area contributed by atoms with Crippen molar-refractivity contribution in [3.05, 3.63) is 0 Å². The van der Waals surface area contributed by atoms with Gasteiger partial charge >= 0.3 is 0 Å². The molecule has 0 unspecified atom stereocenters. The fraction of sp³-hybridized carbons (Fsp3) is 0.857. The van der Waals surface area contributed by atoms with Crippen molar-refractivity contribution >= 4 is 11.8 Å². The Labute approximate surface area is 119 Å². The van der Waals surface area contributed by atoms with Gasteiger partial charge < -0.3 is 20.1 Å². The van der Waals surface area contributed by atoms with Crippen LogP contribution in [0.2, 0.25) is 0 Å². The average molecular weight is 284 g/mol. The van der Waals surface area contributed by atoms with Crippen LogP contribution in [-0.4, -0.2) is 43.9 Å². The Morgan fingerprint density at radius 3 is 2.50 bits per heavy atom. The van der Waals surface area contributed by atoms with Crippen LogP contribution in [-0.2, 0) is 19.1 Å². The molecule has 1 heterocycles. The standard InChI is InChI=1S/C14H24N2O4/c1-15-12(17)8-13(18)16-9-11-10-19-14(20-11)6-4-2-3-5-7-14/h11H,2-10H2,1H3,(H,15,17)(H,16,18)/t11-/m0/s1. The van der Waals surface area contributed by atoms with Gasteiger partial charge in [-0.25, -0.2) is 0 Å². The van der Waals surface area contributed by atoms with Crippen molar-refractivity contribution in [2.24, 2.45) is 0 Å². The van der Waals surface area contributed by atoms with Crippen LogP contribution in [0, 0.1) is 0 Å². The highest BCUT2D eigenvalue weighted by Crippen LogP contribution is 2.36. The van der Waals surface area contributed by atoms with Crippen molar-refractivity contribution in [3.8, 4) is 0 Å². The van der Waals surface area contributed by atoms with Crippen molar-refractivity contribution in [2.75, 3.05) is 20.2 Å². The number of carbonyl (C=O) groups is 2. The summed E-state index contributed by atoms with van der Waals surface area (Å²) in [6, 6.07) is 0. The van der Waals surface area contributed by atoms with Crippen LogP contribution in [0.4, 0.5) is 0 Å². The van der Waals surface area contributed by atoms with Gasteiger partial charge in [0.25, 0.3) is 0 Å². The molecule has 2 amide bonds. The molecule has 20 heavy (non-hydrogen) atoms. The van der Waals surface area contributed by atoms with Crippen molar-refractivity contribution in [1.29, 1.82) is 0 Å². The Morgan fingerprint density at radius 1 is 1.15 bits per heavy atom. The first-order valence-electron chi connectivity index (χ1n) is 7.43. The van der Waals surface area contributed by atoms with Crippen LogP contribution >= 0.6 is 0 Å². The summed E-state index contributed by atoms with van der Waals surface area (Å²) < 4.78 is 11.9. The van der Waals surface area contributed by atoms with Crippen LogP contribution < -0.4 is 10.6 Å². The monoisotopic (exact) mass is 284 g/mol. The highest BCUT2D eigenvalue weighted by Gasteiger charge is 2.41. The third-order valence-electron chi connectivity index (χ3n) is 3.91. The number of carbonyl (C=O) groups excluding carboxylic acids is 2. The van der Waals surface area contributed by atoms with E-state index < -0.39 is 5.79 Å². The van der Waals surface area contributed by atoms with E-state index in [-0.39, 0.29) is 24.3 Å². The van der Waals surface area contributed by atoms with E-state index in [1.54, 1.807) is 0 Å².